The largest absolute Gasteiger partial charge is 0.469 e. The van der Waals surface area contributed by atoms with Gasteiger partial charge < -0.3 is 19.3 Å². The first-order chi connectivity index (χ1) is 24.3. The lowest BCUT2D eigenvalue weighted by Gasteiger charge is -2.18. The highest BCUT2D eigenvalue weighted by Crippen LogP contribution is 2.36. The van der Waals surface area contributed by atoms with Crippen LogP contribution in [0.2, 0.25) is 0 Å². The van der Waals surface area contributed by atoms with Crippen molar-refractivity contribution < 1.29 is 37.9 Å². The first-order valence-corrected chi connectivity index (χ1v) is 20.8. The second-order valence-electron chi connectivity index (χ2n) is 12.5. The van der Waals surface area contributed by atoms with Crippen LogP contribution in [0.15, 0.2) is 72.9 Å². The molecule has 0 amide bonds. The number of phosphoric acid groups is 1. The van der Waals surface area contributed by atoms with Gasteiger partial charge in [0.25, 0.3) is 0 Å². The van der Waals surface area contributed by atoms with Gasteiger partial charge in [0, 0.05) is 12.8 Å². The number of carbonyl (C=O) groups is 2. The molecule has 0 aromatic rings. The van der Waals surface area contributed by atoms with Crippen LogP contribution in [0.5, 0.6) is 0 Å². The number of phosphoric ester groups is 1. The van der Waals surface area contributed by atoms with Crippen molar-refractivity contribution in [1.82, 2.24) is 0 Å². The Morgan fingerprint density at radius 3 is 1.36 bits per heavy atom. The molecule has 0 aromatic carbocycles. The predicted molar refractivity (Wildman–Crippen MR) is 207 cm³/mol. The van der Waals surface area contributed by atoms with E-state index < -0.39 is 32.5 Å². The second kappa shape index (κ2) is 36.3. The Hall–Kier alpha value is -2.51. The number of unbranched alkanes of at least 4 members (excludes halogenated alkanes) is 12. The Bertz CT molecular complexity index is 1040. The summed E-state index contributed by atoms with van der Waals surface area (Å²) >= 11 is 0. The van der Waals surface area contributed by atoms with Gasteiger partial charge in [-0.05, 0) is 89.9 Å². The van der Waals surface area contributed by atoms with Gasteiger partial charge in [0.15, 0.2) is 6.10 Å². The first kappa shape index (κ1) is 47.5. The molecule has 0 bridgehead atoms. The predicted octanol–water partition coefficient (Wildman–Crippen LogP) is 11.5. The molecule has 8 nitrogen and oxygen atoms in total. The van der Waals surface area contributed by atoms with Crippen molar-refractivity contribution in [3.63, 3.8) is 0 Å². The maximum atomic E-state index is 12.4. The Morgan fingerprint density at radius 1 is 0.520 bits per heavy atom. The second-order valence-corrected chi connectivity index (χ2v) is 13.8. The number of carbonyl (C=O) groups excluding carboxylic acids is 2. The zero-order chi connectivity index (χ0) is 36.8. The highest BCUT2D eigenvalue weighted by atomic mass is 31.2. The molecular weight excluding hydrogens is 651 g/mol. The maximum Gasteiger partial charge on any atom is 0.469 e. The highest BCUT2D eigenvalue weighted by Gasteiger charge is 2.22. The zero-order valence-electron chi connectivity index (χ0n) is 31.3. The van der Waals surface area contributed by atoms with E-state index >= 15 is 0 Å². The van der Waals surface area contributed by atoms with E-state index in [4.69, 9.17) is 19.3 Å². The molecule has 1 atom stereocenters. The van der Waals surface area contributed by atoms with Crippen molar-refractivity contribution in [2.45, 2.75) is 161 Å². The van der Waals surface area contributed by atoms with Crippen molar-refractivity contribution in [2.75, 3.05) is 13.2 Å². The van der Waals surface area contributed by atoms with Gasteiger partial charge in [-0.25, -0.2) is 4.57 Å². The van der Waals surface area contributed by atoms with E-state index in [0.29, 0.717) is 12.8 Å². The third kappa shape index (κ3) is 38.3. The van der Waals surface area contributed by atoms with Crippen LogP contribution in [-0.4, -0.2) is 41.0 Å². The van der Waals surface area contributed by atoms with Crippen LogP contribution >= 0.6 is 7.82 Å². The van der Waals surface area contributed by atoms with Crippen LogP contribution in [0.4, 0.5) is 0 Å². The molecule has 0 unspecified atom stereocenters. The van der Waals surface area contributed by atoms with Gasteiger partial charge in [-0.3, -0.25) is 14.1 Å². The van der Waals surface area contributed by atoms with Gasteiger partial charge in [-0.1, -0.05) is 125 Å². The van der Waals surface area contributed by atoms with E-state index in [1.165, 1.54) is 44.9 Å². The van der Waals surface area contributed by atoms with Crippen LogP contribution in [0.1, 0.15) is 155 Å². The number of hydrogen-bond donors (Lipinski definition) is 2. The SMILES string of the molecule is CCCCC/C=C\C/C=C\C/C=C\CCCCCCC(=O)O[C@H](COC(=O)CCCC/C=C\C/C=C\C/C=C\CCCCC)COP(=O)(O)O. The van der Waals surface area contributed by atoms with Crippen LogP contribution in [-0.2, 0) is 28.2 Å². The van der Waals surface area contributed by atoms with Gasteiger partial charge in [-0.15, -0.1) is 0 Å². The van der Waals surface area contributed by atoms with Crippen LogP contribution < -0.4 is 0 Å². The number of hydrogen-bond acceptors (Lipinski definition) is 6. The summed E-state index contributed by atoms with van der Waals surface area (Å²) in [7, 11) is -4.77. The highest BCUT2D eigenvalue weighted by molar-refractivity contribution is 7.46. The molecule has 286 valence electrons. The van der Waals surface area contributed by atoms with Gasteiger partial charge >= 0.3 is 19.8 Å². The summed E-state index contributed by atoms with van der Waals surface area (Å²) in [6, 6.07) is 0. The summed E-state index contributed by atoms with van der Waals surface area (Å²) in [6.45, 7) is 3.55. The quantitative estimate of drug-likeness (QED) is 0.0292. The monoisotopic (exact) mass is 720 g/mol. The molecule has 0 spiro atoms. The van der Waals surface area contributed by atoms with E-state index in [2.05, 4.69) is 91.3 Å². The summed E-state index contributed by atoms with van der Waals surface area (Å²) in [5, 5.41) is 0. The number of allylic oxidation sites excluding steroid dienone is 12. The van der Waals surface area contributed by atoms with Crippen molar-refractivity contribution in [3.8, 4) is 0 Å². The molecule has 2 N–H and O–H groups in total. The maximum absolute atomic E-state index is 12.4. The fourth-order valence-corrected chi connectivity index (χ4v) is 5.16. The first-order valence-electron chi connectivity index (χ1n) is 19.2. The summed E-state index contributed by atoms with van der Waals surface area (Å²) < 4.78 is 26.3. The van der Waals surface area contributed by atoms with Gasteiger partial charge in [-0.2, -0.15) is 0 Å². The summed E-state index contributed by atoms with van der Waals surface area (Å²) in [4.78, 5) is 42.7. The lowest BCUT2D eigenvalue weighted by Crippen LogP contribution is -2.29. The molecule has 0 fully saturated rings. The molecule has 9 heteroatoms. The van der Waals surface area contributed by atoms with Crippen molar-refractivity contribution in [3.05, 3.63) is 72.9 Å². The Kier molecular flexibility index (Phi) is 34.5. The molecule has 0 aromatic heterocycles. The summed E-state index contributed by atoms with van der Waals surface area (Å²) in [5.41, 5.74) is 0. The molecule has 0 heterocycles. The van der Waals surface area contributed by atoms with E-state index in [-0.39, 0.29) is 19.4 Å². The third-order valence-corrected chi connectivity index (χ3v) is 8.18. The smallest absolute Gasteiger partial charge is 0.462 e. The average Bonchev–Trinajstić information content (AvgIpc) is 3.08. The van der Waals surface area contributed by atoms with Gasteiger partial charge in [0.05, 0.1) is 6.61 Å². The number of rotatable bonds is 34. The molecule has 50 heavy (non-hydrogen) atoms. The Morgan fingerprint density at radius 2 is 0.900 bits per heavy atom. The third-order valence-electron chi connectivity index (χ3n) is 7.70. The number of esters is 2. The molecule has 0 aliphatic carbocycles. The fourth-order valence-electron chi connectivity index (χ4n) is 4.80. The minimum absolute atomic E-state index is 0.174. The van der Waals surface area contributed by atoms with E-state index in [1.807, 2.05) is 0 Å². The lowest BCUT2D eigenvalue weighted by atomic mass is 10.1. The molecule has 0 aliphatic heterocycles. The average molecular weight is 721 g/mol. The lowest BCUT2D eigenvalue weighted by molar-refractivity contribution is -0.161. The molecule has 0 saturated heterocycles. The molecular formula is C41H69O8P. The zero-order valence-corrected chi connectivity index (χ0v) is 32.2. The van der Waals surface area contributed by atoms with E-state index in [1.54, 1.807) is 0 Å². The van der Waals surface area contributed by atoms with Gasteiger partial charge in [0.1, 0.15) is 6.61 Å². The van der Waals surface area contributed by atoms with Gasteiger partial charge in [0.2, 0.25) is 0 Å². The van der Waals surface area contributed by atoms with Crippen molar-refractivity contribution in [2.24, 2.45) is 0 Å². The number of ether oxygens (including phenoxy) is 2. The Labute approximate surface area is 304 Å². The normalized spacial score (nSPS) is 13.3. The van der Waals surface area contributed by atoms with Crippen molar-refractivity contribution in [1.29, 1.82) is 0 Å². The van der Waals surface area contributed by atoms with E-state index in [0.717, 1.165) is 70.6 Å². The summed E-state index contributed by atoms with van der Waals surface area (Å²) in [6.07, 6.45) is 46.2. The minimum atomic E-state index is -4.77. The molecule has 0 rings (SSSR count). The minimum Gasteiger partial charge on any atom is -0.462 e. The van der Waals surface area contributed by atoms with Crippen molar-refractivity contribution >= 4 is 19.8 Å². The van der Waals surface area contributed by atoms with Crippen LogP contribution in [0.25, 0.3) is 0 Å². The fraction of sp³-hybridized carbons (Fsp3) is 0.659. The molecule has 0 radical (unpaired) electrons. The molecule has 0 aliphatic rings. The van der Waals surface area contributed by atoms with Crippen LogP contribution in [0, 0.1) is 0 Å². The summed E-state index contributed by atoms with van der Waals surface area (Å²) in [5.74, 6) is -0.962. The van der Waals surface area contributed by atoms with E-state index in [9.17, 15) is 14.2 Å². The van der Waals surface area contributed by atoms with Crippen LogP contribution in [0.3, 0.4) is 0 Å². The molecule has 0 saturated carbocycles. The topological polar surface area (TPSA) is 119 Å². The Balaban J connectivity index is 4.10. The standard InChI is InChI=1S/C41H69O8P/c1-3-5-7-9-11-13-15-17-19-20-22-24-26-28-30-32-34-36-41(43)49-39(38-48-50(44,45)46)37-47-40(42)35-33-31-29-27-25-23-21-18-16-14-12-10-8-6-4-2/h11-14,17-19,21-22,24-25,27,39H,3-10,15-16,20,23,26,28-38H2,1-2H3,(H2,44,45,46)/b13-11-,14-12-,19-17-,21-18-,24-22-,27-25-/t39-/m1/s1.